The number of hydrogen-bond acceptors (Lipinski definition) is 5. The summed E-state index contributed by atoms with van der Waals surface area (Å²) in [4.78, 5) is 35.0. The second-order valence-electron chi connectivity index (χ2n) is 4.56. The molecule has 6 nitrogen and oxygen atoms in total. The zero-order valence-electron chi connectivity index (χ0n) is 12.5. The highest BCUT2D eigenvalue weighted by Crippen LogP contribution is 2.26. The first-order chi connectivity index (χ1) is 9.90. The third-order valence-electron chi connectivity index (χ3n) is 3.06. The van der Waals surface area contributed by atoms with Gasteiger partial charge in [0.1, 0.15) is 17.5 Å². The molecule has 0 saturated heterocycles. The van der Waals surface area contributed by atoms with Crippen LogP contribution in [0.25, 0.3) is 0 Å². The summed E-state index contributed by atoms with van der Waals surface area (Å²) >= 11 is 0. The SMILES string of the molecule is COC(=O)C(C(C)=O)C(NC(C)=O)c1ccc(OC)cc1. The standard InChI is InChI=1S/C15H19NO5/c1-9(17)13(15(19)21-4)14(16-10(2)18)11-5-7-12(20-3)8-6-11/h5-8,13-14H,1-4H3,(H,16,18). The molecule has 1 amide bonds. The molecule has 6 heteroatoms. The number of ether oxygens (including phenoxy) is 2. The summed E-state index contributed by atoms with van der Waals surface area (Å²) in [5, 5.41) is 2.63. The highest BCUT2D eigenvalue weighted by atomic mass is 16.5. The Bertz CT molecular complexity index is 523. The van der Waals surface area contributed by atoms with Crippen LogP contribution in [0.5, 0.6) is 5.75 Å². The number of hydrogen-bond donors (Lipinski definition) is 1. The second kappa shape index (κ2) is 7.42. The lowest BCUT2D eigenvalue weighted by Gasteiger charge is -2.24. The van der Waals surface area contributed by atoms with Gasteiger partial charge >= 0.3 is 5.97 Å². The fourth-order valence-electron chi connectivity index (χ4n) is 2.05. The summed E-state index contributed by atoms with van der Waals surface area (Å²) < 4.78 is 9.73. The Morgan fingerprint density at radius 1 is 1.05 bits per heavy atom. The molecule has 1 aromatic carbocycles. The van der Waals surface area contributed by atoms with Gasteiger partial charge in [-0.1, -0.05) is 12.1 Å². The third kappa shape index (κ3) is 4.30. The summed E-state index contributed by atoms with van der Waals surface area (Å²) in [6.45, 7) is 2.62. The van der Waals surface area contributed by atoms with Gasteiger partial charge in [-0.2, -0.15) is 0 Å². The van der Waals surface area contributed by atoms with Gasteiger partial charge in [-0.05, 0) is 24.6 Å². The van der Waals surface area contributed by atoms with Gasteiger partial charge in [0.05, 0.1) is 20.3 Å². The molecule has 2 unspecified atom stereocenters. The van der Waals surface area contributed by atoms with Crippen LogP contribution >= 0.6 is 0 Å². The van der Waals surface area contributed by atoms with Crippen molar-refractivity contribution in [2.24, 2.45) is 5.92 Å². The zero-order chi connectivity index (χ0) is 16.0. The molecule has 0 bridgehead atoms. The fourth-order valence-corrected chi connectivity index (χ4v) is 2.05. The van der Waals surface area contributed by atoms with E-state index in [0.29, 0.717) is 11.3 Å². The maximum absolute atomic E-state index is 11.9. The molecule has 21 heavy (non-hydrogen) atoms. The van der Waals surface area contributed by atoms with E-state index in [-0.39, 0.29) is 11.7 Å². The van der Waals surface area contributed by atoms with Gasteiger partial charge in [-0.15, -0.1) is 0 Å². The minimum atomic E-state index is -1.09. The van der Waals surface area contributed by atoms with Crippen molar-refractivity contribution in [3.63, 3.8) is 0 Å². The molecule has 0 fully saturated rings. The number of carbonyl (C=O) groups is 3. The van der Waals surface area contributed by atoms with Gasteiger partial charge in [0, 0.05) is 6.92 Å². The van der Waals surface area contributed by atoms with Crippen LogP contribution in [0.15, 0.2) is 24.3 Å². The van der Waals surface area contributed by atoms with Crippen LogP contribution in [0, 0.1) is 5.92 Å². The van der Waals surface area contributed by atoms with E-state index in [1.807, 2.05) is 0 Å². The second-order valence-corrected chi connectivity index (χ2v) is 4.56. The normalized spacial score (nSPS) is 13.0. The average Bonchev–Trinajstić information content (AvgIpc) is 2.45. The summed E-state index contributed by atoms with van der Waals surface area (Å²) in [5.74, 6) is -1.86. The maximum Gasteiger partial charge on any atom is 0.318 e. The molecule has 114 valence electrons. The first kappa shape index (κ1) is 16.7. The summed E-state index contributed by atoms with van der Waals surface area (Å²) in [7, 11) is 2.74. The Hall–Kier alpha value is -2.37. The fraction of sp³-hybridized carbons (Fsp3) is 0.400. The molecule has 1 aromatic rings. The van der Waals surface area contributed by atoms with Crippen LogP contribution < -0.4 is 10.1 Å². The number of carbonyl (C=O) groups excluding carboxylic acids is 3. The van der Waals surface area contributed by atoms with Crippen LogP contribution in [0.4, 0.5) is 0 Å². The summed E-state index contributed by atoms with van der Waals surface area (Å²) in [5.41, 5.74) is 0.622. The van der Waals surface area contributed by atoms with Crippen LogP contribution in [-0.4, -0.2) is 31.9 Å². The van der Waals surface area contributed by atoms with Crippen LogP contribution in [-0.2, 0) is 19.1 Å². The smallest absolute Gasteiger partial charge is 0.318 e. The number of rotatable bonds is 6. The molecule has 0 radical (unpaired) electrons. The van der Waals surface area contributed by atoms with Crippen molar-refractivity contribution in [2.75, 3.05) is 14.2 Å². The van der Waals surface area contributed by atoms with E-state index in [4.69, 9.17) is 4.74 Å². The third-order valence-corrected chi connectivity index (χ3v) is 3.06. The Labute approximate surface area is 123 Å². The predicted molar refractivity (Wildman–Crippen MR) is 75.7 cm³/mol. The quantitative estimate of drug-likeness (QED) is 0.630. The number of nitrogens with one attached hydrogen (secondary N) is 1. The highest BCUT2D eigenvalue weighted by Gasteiger charge is 2.35. The zero-order valence-corrected chi connectivity index (χ0v) is 12.5. The highest BCUT2D eigenvalue weighted by molar-refractivity contribution is 5.99. The molecule has 0 heterocycles. The molecule has 0 saturated carbocycles. The van der Waals surface area contributed by atoms with E-state index in [9.17, 15) is 14.4 Å². The first-order valence-electron chi connectivity index (χ1n) is 6.40. The van der Waals surface area contributed by atoms with Crippen molar-refractivity contribution in [2.45, 2.75) is 19.9 Å². The lowest BCUT2D eigenvalue weighted by Crippen LogP contribution is -2.39. The topological polar surface area (TPSA) is 81.7 Å². The van der Waals surface area contributed by atoms with E-state index >= 15 is 0 Å². The molecular weight excluding hydrogens is 274 g/mol. The van der Waals surface area contributed by atoms with Gasteiger partial charge in [0.2, 0.25) is 5.91 Å². The van der Waals surface area contributed by atoms with Gasteiger partial charge in [0.15, 0.2) is 0 Å². The van der Waals surface area contributed by atoms with Gasteiger partial charge in [-0.3, -0.25) is 14.4 Å². The molecule has 1 N–H and O–H groups in total. The molecule has 2 atom stereocenters. The van der Waals surface area contributed by atoms with E-state index in [2.05, 4.69) is 10.1 Å². The molecule has 0 aliphatic rings. The minimum absolute atomic E-state index is 0.342. The number of amides is 1. The van der Waals surface area contributed by atoms with E-state index in [0.717, 1.165) is 0 Å². The van der Waals surface area contributed by atoms with Gasteiger partial charge < -0.3 is 14.8 Å². The molecular formula is C15H19NO5. The Morgan fingerprint density at radius 2 is 1.62 bits per heavy atom. The predicted octanol–water partition coefficient (Wildman–Crippen LogP) is 1.25. The molecule has 0 aromatic heterocycles. The van der Waals surface area contributed by atoms with Crippen molar-refractivity contribution < 1.29 is 23.9 Å². The lowest BCUT2D eigenvalue weighted by molar-refractivity contribution is -0.150. The molecule has 1 rings (SSSR count). The van der Waals surface area contributed by atoms with Crippen molar-refractivity contribution in [3.8, 4) is 5.75 Å². The van der Waals surface area contributed by atoms with Crippen LogP contribution in [0.3, 0.4) is 0 Å². The van der Waals surface area contributed by atoms with Crippen molar-refractivity contribution >= 4 is 17.7 Å². The Balaban J connectivity index is 3.21. The van der Waals surface area contributed by atoms with E-state index in [1.54, 1.807) is 24.3 Å². The Kier molecular flexibility index (Phi) is 5.90. The number of Topliss-reactive ketones (excluding diaryl/α,β-unsaturated/α-hetero) is 1. The Morgan fingerprint density at radius 3 is 2.00 bits per heavy atom. The van der Waals surface area contributed by atoms with Gasteiger partial charge in [0.25, 0.3) is 0 Å². The summed E-state index contributed by atoms with van der Waals surface area (Å²) in [6.07, 6.45) is 0. The first-order valence-corrected chi connectivity index (χ1v) is 6.40. The van der Waals surface area contributed by atoms with Crippen LogP contribution in [0.2, 0.25) is 0 Å². The maximum atomic E-state index is 11.9. The summed E-state index contributed by atoms with van der Waals surface area (Å²) in [6, 6.07) is 5.99. The molecule has 0 aliphatic carbocycles. The average molecular weight is 293 g/mol. The van der Waals surface area contributed by atoms with E-state index in [1.165, 1.54) is 28.1 Å². The largest absolute Gasteiger partial charge is 0.497 e. The lowest BCUT2D eigenvalue weighted by atomic mass is 9.90. The van der Waals surface area contributed by atoms with Crippen LogP contribution in [0.1, 0.15) is 25.5 Å². The minimum Gasteiger partial charge on any atom is -0.497 e. The van der Waals surface area contributed by atoms with Gasteiger partial charge in [-0.25, -0.2) is 0 Å². The van der Waals surface area contributed by atoms with Crippen molar-refractivity contribution in [3.05, 3.63) is 29.8 Å². The number of methoxy groups -OCH3 is 2. The molecule has 0 aliphatic heterocycles. The monoisotopic (exact) mass is 293 g/mol. The number of esters is 1. The number of ketones is 1. The van der Waals surface area contributed by atoms with Crippen molar-refractivity contribution in [1.82, 2.24) is 5.32 Å². The van der Waals surface area contributed by atoms with E-state index < -0.39 is 17.9 Å². The number of benzene rings is 1. The van der Waals surface area contributed by atoms with Crippen molar-refractivity contribution in [1.29, 1.82) is 0 Å². The molecule has 0 spiro atoms.